The van der Waals surface area contributed by atoms with Gasteiger partial charge in [0.2, 0.25) is 0 Å². The Labute approximate surface area is 130 Å². The molecule has 0 bridgehead atoms. The average Bonchev–Trinajstić information content (AvgIpc) is 2.77. The van der Waals surface area contributed by atoms with Crippen LogP contribution in [-0.2, 0) is 13.1 Å². The van der Waals surface area contributed by atoms with Crippen LogP contribution in [0.4, 0.5) is 0 Å². The van der Waals surface area contributed by atoms with Crippen LogP contribution in [0.3, 0.4) is 0 Å². The summed E-state index contributed by atoms with van der Waals surface area (Å²) >= 11 is 8.19. The maximum Gasteiger partial charge on any atom is 0.252 e. The Morgan fingerprint density at radius 2 is 2.21 bits per heavy atom. The Balaban J connectivity index is 2.09. The molecule has 1 heterocycles. The molecule has 0 aliphatic heterocycles. The minimum Gasteiger partial charge on any atom is -0.346 e. The van der Waals surface area contributed by atoms with E-state index in [1.807, 2.05) is 25.1 Å². The first kappa shape index (κ1) is 14.3. The zero-order valence-electron chi connectivity index (χ0n) is 10.4. The van der Waals surface area contributed by atoms with Gasteiger partial charge in [0.05, 0.1) is 29.0 Å². The summed E-state index contributed by atoms with van der Waals surface area (Å²) in [5.41, 5.74) is 1.49. The third-order valence-corrected chi connectivity index (χ3v) is 3.99. The Hall–Kier alpha value is -1.08. The van der Waals surface area contributed by atoms with E-state index in [-0.39, 0.29) is 5.91 Å². The van der Waals surface area contributed by atoms with Crippen molar-refractivity contribution in [2.24, 2.45) is 0 Å². The summed E-state index contributed by atoms with van der Waals surface area (Å²) in [5.74, 6) is -0.107. The number of nitrogens with one attached hydrogen (secondary N) is 1. The minimum atomic E-state index is -0.107. The third kappa shape index (κ3) is 3.27. The Bertz CT molecular complexity index is 597. The molecule has 0 saturated heterocycles. The van der Waals surface area contributed by atoms with Gasteiger partial charge in [-0.1, -0.05) is 23.7 Å². The molecular formula is C13H13ClIN3O. The van der Waals surface area contributed by atoms with E-state index in [2.05, 4.69) is 33.0 Å². The van der Waals surface area contributed by atoms with Crippen molar-refractivity contribution in [2.75, 3.05) is 0 Å². The van der Waals surface area contributed by atoms with Gasteiger partial charge in [-0.15, -0.1) is 0 Å². The van der Waals surface area contributed by atoms with Crippen LogP contribution in [0.2, 0.25) is 5.02 Å². The van der Waals surface area contributed by atoms with Crippen LogP contribution in [0.15, 0.2) is 30.5 Å². The highest BCUT2D eigenvalue weighted by Gasteiger charge is 2.12. The predicted molar refractivity (Wildman–Crippen MR) is 83.2 cm³/mol. The molecule has 1 aromatic heterocycles. The second-order valence-corrected chi connectivity index (χ2v) is 5.49. The lowest BCUT2D eigenvalue weighted by atomic mass is 10.2. The summed E-state index contributed by atoms with van der Waals surface area (Å²) in [5, 5.41) is 7.58. The molecule has 0 radical (unpaired) electrons. The molecule has 0 atom stereocenters. The molecule has 1 N–H and O–H groups in total. The van der Waals surface area contributed by atoms with Gasteiger partial charge in [-0.25, -0.2) is 0 Å². The predicted octanol–water partition coefficient (Wildman–Crippen LogP) is 3.09. The van der Waals surface area contributed by atoms with E-state index in [0.717, 1.165) is 15.8 Å². The third-order valence-electron chi connectivity index (χ3n) is 2.73. The van der Waals surface area contributed by atoms with Crippen LogP contribution in [0.5, 0.6) is 0 Å². The molecular weight excluding hydrogens is 377 g/mol. The van der Waals surface area contributed by atoms with Crippen LogP contribution in [0.1, 0.15) is 23.0 Å². The highest BCUT2D eigenvalue weighted by atomic mass is 127. The van der Waals surface area contributed by atoms with Gasteiger partial charge in [0, 0.05) is 10.1 Å². The fraction of sp³-hybridized carbons (Fsp3) is 0.231. The van der Waals surface area contributed by atoms with Crippen molar-refractivity contribution in [1.29, 1.82) is 0 Å². The van der Waals surface area contributed by atoms with Gasteiger partial charge in [-0.3, -0.25) is 9.48 Å². The standard InChI is InChI=1S/C13H13ClIN3O/c1-2-18-12(10(14)7-17-18)8-16-13(19)9-5-3-4-6-11(9)15/h3-7H,2,8H2,1H3,(H,16,19). The monoisotopic (exact) mass is 389 g/mol. The van der Waals surface area contributed by atoms with Crippen molar-refractivity contribution < 1.29 is 4.79 Å². The molecule has 0 aliphatic rings. The van der Waals surface area contributed by atoms with Gasteiger partial charge in [0.25, 0.3) is 5.91 Å². The number of nitrogens with zero attached hydrogens (tertiary/aromatic N) is 2. The Kier molecular flexibility index (Phi) is 4.81. The summed E-state index contributed by atoms with van der Waals surface area (Å²) < 4.78 is 2.70. The number of halogens is 2. The number of aryl methyl sites for hydroxylation is 1. The Morgan fingerprint density at radius 3 is 2.89 bits per heavy atom. The molecule has 0 aliphatic carbocycles. The molecule has 6 heteroatoms. The number of hydrogen-bond acceptors (Lipinski definition) is 2. The molecule has 4 nitrogen and oxygen atoms in total. The molecule has 0 unspecified atom stereocenters. The van der Waals surface area contributed by atoms with Crippen LogP contribution < -0.4 is 5.32 Å². The quantitative estimate of drug-likeness (QED) is 0.817. The zero-order valence-corrected chi connectivity index (χ0v) is 13.3. The van der Waals surface area contributed by atoms with Gasteiger partial charge in [0.15, 0.2) is 0 Å². The highest BCUT2D eigenvalue weighted by Crippen LogP contribution is 2.16. The van der Waals surface area contributed by atoms with E-state index in [4.69, 9.17) is 11.6 Å². The average molecular weight is 390 g/mol. The molecule has 0 fully saturated rings. The SMILES string of the molecule is CCn1ncc(Cl)c1CNC(=O)c1ccccc1I. The number of hydrogen-bond donors (Lipinski definition) is 1. The number of carbonyl (C=O) groups is 1. The van der Waals surface area contributed by atoms with Crippen molar-refractivity contribution in [3.63, 3.8) is 0 Å². The summed E-state index contributed by atoms with van der Waals surface area (Å²) in [7, 11) is 0. The number of benzene rings is 1. The normalized spacial score (nSPS) is 10.5. The molecule has 2 aromatic rings. The number of carbonyl (C=O) groups excluding carboxylic acids is 1. The van der Waals surface area contributed by atoms with Crippen molar-refractivity contribution in [3.05, 3.63) is 50.3 Å². The maximum atomic E-state index is 12.1. The summed E-state index contributed by atoms with van der Waals surface area (Å²) in [6.45, 7) is 3.08. The van der Waals surface area contributed by atoms with E-state index < -0.39 is 0 Å². The van der Waals surface area contributed by atoms with Crippen molar-refractivity contribution in [2.45, 2.75) is 20.0 Å². The highest BCUT2D eigenvalue weighted by molar-refractivity contribution is 14.1. The van der Waals surface area contributed by atoms with E-state index in [1.165, 1.54) is 0 Å². The largest absolute Gasteiger partial charge is 0.346 e. The second-order valence-electron chi connectivity index (χ2n) is 3.92. The van der Waals surface area contributed by atoms with Crippen LogP contribution >= 0.6 is 34.2 Å². The molecule has 19 heavy (non-hydrogen) atoms. The van der Waals surface area contributed by atoms with Crippen molar-refractivity contribution in [3.8, 4) is 0 Å². The first-order chi connectivity index (χ1) is 9.13. The Morgan fingerprint density at radius 1 is 1.47 bits per heavy atom. The lowest BCUT2D eigenvalue weighted by Gasteiger charge is -2.08. The van der Waals surface area contributed by atoms with Crippen molar-refractivity contribution in [1.82, 2.24) is 15.1 Å². The molecule has 100 valence electrons. The van der Waals surface area contributed by atoms with E-state index >= 15 is 0 Å². The summed E-state index contributed by atoms with van der Waals surface area (Å²) in [6.07, 6.45) is 1.60. The fourth-order valence-corrected chi connectivity index (χ4v) is 2.58. The maximum absolute atomic E-state index is 12.1. The van der Waals surface area contributed by atoms with Crippen LogP contribution in [-0.4, -0.2) is 15.7 Å². The minimum absolute atomic E-state index is 0.107. The van der Waals surface area contributed by atoms with E-state index in [1.54, 1.807) is 16.9 Å². The lowest BCUT2D eigenvalue weighted by Crippen LogP contribution is -2.25. The molecule has 1 aromatic carbocycles. The summed E-state index contributed by atoms with van der Waals surface area (Å²) in [6, 6.07) is 7.45. The van der Waals surface area contributed by atoms with Crippen LogP contribution in [0.25, 0.3) is 0 Å². The van der Waals surface area contributed by atoms with Gasteiger partial charge >= 0.3 is 0 Å². The van der Waals surface area contributed by atoms with Crippen molar-refractivity contribution >= 4 is 40.1 Å². The smallest absolute Gasteiger partial charge is 0.252 e. The molecule has 0 spiro atoms. The zero-order chi connectivity index (χ0) is 13.8. The van der Waals surface area contributed by atoms with E-state index in [0.29, 0.717) is 17.1 Å². The molecule has 1 amide bonds. The van der Waals surface area contributed by atoms with Gasteiger partial charge in [-0.2, -0.15) is 5.10 Å². The van der Waals surface area contributed by atoms with Gasteiger partial charge in [-0.05, 0) is 41.6 Å². The van der Waals surface area contributed by atoms with Gasteiger partial charge < -0.3 is 5.32 Å². The summed E-state index contributed by atoms with van der Waals surface area (Å²) in [4.78, 5) is 12.1. The second kappa shape index (κ2) is 6.38. The fourth-order valence-electron chi connectivity index (χ4n) is 1.74. The first-order valence-electron chi connectivity index (χ1n) is 5.86. The molecule has 0 saturated carbocycles. The topological polar surface area (TPSA) is 46.9 Å². The number of rotatable bonds is 4. The first-order valence-corrected chi connectivity index (χ1v) is 7.32. The lowest BCUT2D eigenvalue weighted by molar-refractivity contribution is 0.0949. The van der Waals surface area contributed by atoms with Crippen LogP contribution in [0, 0.1) is 3.57 Å². The molecule has 2 rings (SSSR count). The number of aromatic nitrogens is 2. The van der Waals surface area contributed by atoms with E-state index in [9.17, 15) is 4.79 Å². The number of amides is 1. The van der Waals surface area contributed by atoms with Gasteiger partial charge in [0.1, 0.15) is 0 Å².